The normalized spacial score (nSPS) is 11.2. The Morgan fingerprint density at radius 3 is 2.90 bits per heavy atom. The molecule has 2 rings (SSSR count). The standard InChI is InChI=1S/C15H22FN5/c1-3-17-10-14-12-21(19-18-14)9-8-20(2)11-13-6-4-5-7-15(13)16/h4-7,12,17H,3,8-11H2,1-2H3. The molecule has 0 radical (unpaired) electrons. The van der Waals surface area contributed by atoms with Crippen LogP contribution in [0.4, 0.5) is 4.39 Å². The number of benzene rings is 1. The molecule has 0 unspecified atom stereocenters. The van der Waals surface area contributed by atoms with Crippen LogP contribution in [0.5, 0.6) is 0 Å². The summed E-state index contributed by atoms with van der Waals surface area (Å²) in [6, 6.07) is 6.88. The van der Waals surface area contributed by atoms with E-state index >= 15 is 0 Å². The molecule has 0 spiro atoms. The molecule has 1 N–H and O–H groups in total. The number of halogens is 1. The van der Waals surface area contributed by atoms with Gasteiger partial charge in [0.2, 0.25) is 0 Å². The van der Waals surface area contributed by atoms with Gasteiger partial charge in [-0.25, -0.2) is 4.39 Å². The molecular formula is C15H22FN5. The molecule has 21 heavy (non-hydrogen) atoms. The predicted molar refractivity (Wildman–Crippen MR) is 80.1 cm³/mol. The molecule has 0 bridgehead atoms. The lowest BCUT2D eigenvalue weighted by Crippen LogP contribution is -2.23. The third-order valence-corrected chi connectivity index (χ3v) is 3.25. The molecule has 0 saturated carbocycles. The summed E-state index contributed by atoms with van der Waals surface area (Å²) in [6.07, 6.45) is 1.94. The van der Waals surface area contributed by atoms with E-state index in [1.54, 1.807) is 6.07 Å². The van der Waals surface area contributed by atoms with Crippen LogP contribution in [0.15, 0.2) is 30.5 Å². The van der Waals surface area contributed by atoms with E-state index < -0.39 is 0 Å². The second kappa shape index (κ2) is 7.85. The third-order valence-electron chi connectivity index (χ3n) is 3.25. The molecule has 114 valence electrons. The molecule has 1 heterocycles. The summed E-state index contributed by atoms with van der Waals surface area (Å²) >= 11 is 0. The van der Waals surface area contributed by atoms with Crippen molar-refractivity contribution in [1.29, 1.82) is 0 Å². The van der Waals surface area contributed by atoms with E-state index in [4.69, 9.17) is 0 Å². The number of rotatable bonds is 8. The van der Waals surface area contributed by atoms with Gasteiger partial charge in [-0.1, -0.05) is 30.3 Å². The van der Waals surface area contributed by atoms with Crippen LogP contribution < -0.4 is 5.32 Å². The predicted octanol–water partition coefficient (Wildman–Crippen LogP) is 1.66. The van der Waals surface area contributed by atoms with Crippen molar-refractivity contribution in [2.75, 3.05) is 20.1 Å². The van der Waals surface area contributed by atoms with Gasteiger partial charge >= 0.3 is 0 Å². The summed E-state index contributed by atoms with van der Waals surface area (Å²) in [5, 5.41) is 11.4. The molecule has 0 aliphatic heterocycles. The van der Waals surface area contributed by atoms with Crippen LogP contribution in [0.1, 0.15) is 18.2 Å². The zero-order chi connectivity index (χ0) is 15.1. The van der Waals surface area contributed by atoms with Gasteiger partial charge in [-0.15, -0.1) is 5.10 Å². The van der Waals surface area contributed by atoms with Crippen molar-refractivity contribution in [3.05, 3.63) is 47.5 Å². The van der Waals surface area contributed by atoms with Crippen molar-refractivity contribution in [2.45, 2.75) is 26.6 Å². The summed E-state index contributed by atoms with van der Waals surface area (Å²) in [5.74, 6) is -0.155. The topological polar surface area (TPSA) is 46.0 Å². The van der Waals surface area contributed by atoms with Crippen molar-refractivity contribution in [2.24, 2.45) is 0 Å². The molecule has 0 atom stereocenters. The average molecular weight is 291 g/mol. The van der Waals surface area contributed by atoms with E-state index in [9.17, 15) is 4.39 Å². The Balaban J connectivity index is 1.79. The van der Waals surface area contributed by atoms with Crippen molar-refractivity contribution in [3.8, 4) is 0 Å². The van der Waals surface area contributed by atoms with Crippen LogP contribution in [0.2, 0.25) is 0 Å². The summed E-state index contributed by atoms with van der Waals surface area (Å²) in [6.45, 7) is 5.83. The zero-order valence-corrected chi connectivity index (χ0v) is 12.6. The lowest BCUT2D eigenvalue weighted by Gasteiger charge is -2.16. The lowest BCUT2D eigenvalue weighted by molar-refractivity contribution is 0.299. The van der Waals surface area contributed by atoms with Gasteiger partial charge in [-0.2, -0.15) is 0 Å². The fraction of sp³-hybridized carbons (Fsp3) is 0.467. The third kappa shape index (κ3) is 4.91. The minimum Gasteiger partial charge on any atom is -0.311 e. The smallest absolute Gasteiger partial charge is 0.127 e. The Morgan fingerprint density at radius 1 is 1.33 bits per heavy atom. The Hall–Kier alpha value is -1.79. The highest BCUT2D eigenvalue weighted by Gasteiger charge is 2.06. The van der Waals surface area contributed by atoms with Crippen molar-refractivity contribution in [1.82, 2.24) is 25.2 Å². The van der Waals surface area contributed by atoms with Crippen molar-refractivity contribution < 1.29 is 4.39 Å². The first-order chi connectivity index (χ1) is 10.2. The van der Waals surface area contributed by atoms with E-state index in [1.165, 1.54) is 6.07 Å². The summed E-state index contributed by atoms with van der Waals surface area (Å²) in [7, 11) is 1.98. The fourth-order valence-corrected chi connectivity index (χ4v) is 2.05. The Kier molecular flexibility index (Phi) is 5.83. The molecule has 0 aliphatic rings. The molecule has 1 aromatic carbocycles. The summed E-state index contributed by atoms with van der Waals surface area (Å²) in [4.78, 5) is 2.07. The Bertz CT molecular complexity index is 555. The SMILES string of the molecule is CCNCc1cn(CCN(C)Cc2ccccc2F)nn1. The van der Waals surface area contributed by atoms with E-state index in [0.717, 1.165) is 31.9 Å². The van der Waals surface area contributed by atoms with Crippen LogP contribution in [-0.4, -0.2) is 40.0 Å². The van der Waals surface area contributed by atoms with E-state index in [2.05, 4.69) is 27.5 Å². The van der Waals surface area contributed by atoms with Gasteiger partial charge in [-0.05, 0) is 19.7 Å². The number of aromatic nitrogens is 3. The number of nitrogens with one attached hydrogen (secondary N) is 1. The largest absolute Gasteiger partial charge is 0.311 e. The van der Waals surface area contributed by atoms with Gasteiger partial charge in [0.25, 0.3) is 0 Å². The first kappa shape index (κ1) is 15.6. The van der Waals surface area contributed by atoms with E-state index in [-0.39, 0.29) is 5.82 Å². The van der Waals surface area contributed by atoms with Crippen LogP contribution in [0, 0.1) is 5.82 Å². The fourth-order valence-electron chi connectivity index (χ4n) is 2.05. The highest BCUT2D eigenvalue weighted by Crippen LogP contribution is 2.08. The highest BCUT2D eigenvalue weighted by molar-refractivity contribution is 5.16. The highest BCUT2D eigenvalue weighted by atomic mass is 19.1. The van der Waals surface area contributed by atoms with Gasteiger partial charge in [0.05, 0.1) is 12.2 Å². The van der Waals surface area contributed by atoms with Gasteiger partial charge in [-0.3, -0.25) is 4.68 Å². The molecule has 6 heteroatoms. The minimum absolute atomic E-state index is 0.155. The molecule has 2 aromatic rings. The monoisotopic (exact) mass is 291 g/mol. The molecule has 0 amide bonds. The minimum atomic E-state index is -0.155. The number of likely N-dealkylation sites (N-methyl/N-ethyl adjacent to an activating group) is 1. The van der Waals surface area contributed by atoms with Crippen molar-refractivity contribution in [3.63, 3.8) is 0 Å². The van der Waals surface area contributed by atoms with Crippen molar-refractivity contribution >= 4 is 0 Å². The lowest BCUT2D eigenvalue weighted by atomic mass is 10.2. The summed E-state index contributed by atoms with van der Waals surface area (Å²) < 4.78 is 15.4. The molecule has 5 nitrogen and oxygen atoms in total. The summed E-state index contributed by atoms with van der Waals surface area (Å²) in [5.41, 5.74) is 1.65. The first-order valence-electron chi connectivity index (χ1n) is 7.20. The quantitative estimate of drug-likeness (QED) is 0.803. The molecule has 1 aromatic heterocycles. The average Bonchev–Trinajstić information content (AvgIpc) is 2.93. The zero-order valence-electron chi connectivity index (χ0n) is 12.6. The molecule has 0 aliphatic carbocycles. The number of hydrogen-bond donors (Lipinski definition) is 1. The maximum atomic E-state index is 13.6. The molecule has 0 saturated heterocycles. The maximum absolute atomic E-state index is 13.6. The van der Waals surface area contributed by atoms with Gasteiger partial charge < -0.3 is 10.2 Å². The maximum Gasteiger partial charge on any atom is 0.127 e. The van der Waals surface area contributed by atoms with Gasteiger partial charge in [0.15, 0.2) is 0 Å². The van der Waals surface area contributed by atoms with E-state index in [0.29, 0.717) is 12.1 Å². The van der Waals surface area contributed by atoms with Crippen LogP contribution >= 0.6 is 0 Å². The van der Waals surface area contributed by atoms with E-state index in [1.807, 2.05) is 30.1 Å². The number of hydrogen-bond acceptors (Lipinski definition) is 4. The Morgan fingerprint density at radius 2 is 2.14 bits per heavy atom. The molecular weight excluding hydrogens is 269 g/mol. The van der Waals surface area contributed by atoms with Gasteiger partial charge in [0.1, 0.15) is 5.82 Å². The number of nitrogens with zero attached hydrogens (tertiary/aromatic N) is 4. The first-order valence-corrected chi connectivity index (χ1v) is 7.20. The molecule has 0 fully saturated rings. The van der Waals surface area contributed by atoms with Crippen LogP contribution in [0.3, 0.4) is 0 Å². The van der Waals surface area contributed by atoms with Crippen LogP contribution in [-0.2, 0) is 19.6 Å². The van der Waals surface area contributed by atoms with Crippen LogP contribution in [0.25, 0.3) is 0 Å². The second-order valence-corrected chi connectivity index (χ2v) is 5.08. The Labute approximate surface area is 124 Å². The van der Waals surface area contributed by atoms with Gasteiger partial charge in [0, 0.05) is 31.4 Å². The second-order valence-electron chi connectivity index (χ2n) is 5.08.